The summed E-state index contributed by atoms with van der Waals surface area (Å²) in [6.45, 7) is 1.93. The molecule has 0 fully saturated rings. The van der Waals surface area contributed by atoms with E-state index in [-0.39, 0.29) is 28.4 Å². The van der Waals surface area contributed by atoms with Crippen LogP contribution in [0.25, 0.3) is 0 Å². The molecular weight excluding hydrogens is 315 g/mol. The van der Waals surface area contributed by atoms with Crippen molar-refractivity contribution < 1.29 is 14.0 Å². The molecule has 1 atom stereocenters. The molecule has 104 valence electrons. The van der Waals surface area contributed by atoms with E-state index < -0.39 is 11.7 Å². The van der Waals surface area contributed by atoms with Gasteiger partial charge in [0.1, 0.15) is 5.82 Å². The minimum Gasteiger partial charge on any atom is -0.359 e. The average molecular weight is 331 g/mol. The highest BCUT2D eigenvalue weighted by atomic mass is 79.9. The van der Waals surface area contributed by atoms with Gasteiger partial charge >= 0.3 is 0 Å². The van der Waals surface area contributed by atoms with E-state index in [9.17, 15) is 14.0 Å². The van der Waals surface area contributed by atoms with Crippen molar-refractivity contribution in [1.29, 1.82) is 0 Å². The highest BCUT2D eigenvalue weighted by Gasteiger charge is 2.21. The second-order valence-electron chi connectivity index (χ2n) is 4.30. The Kier molecular flexibility index (Phi) is 5.47. The molecule has 4 nitrogen and oxygen atoms in total. The number of carbonyl (C=O) groups is 2. The Labute approximate surface area is 120 Å². The first-order valence-electron chi connectivity index (χ1n) is 5.79. The van der Waals surface area contributed by atoms with Crippen molar-refractivity contribution in [2.75, 3.05) is 20.6 Å². The molecule has 0 aliphatic rings. The molecule has 2 amide bonds. The number of amides is 2. The van der Waals surface area contributed by atoms with Crippen LogP contribution in [0.2, 0.25) is 0 Å². The number of halogens is 2. The number of hydrogen-bond acceptors (Lipinski definition) is 2. The Bertz CT molecular complexity index is 494. The van der Waals surface area contributed by atoms with Gasteiger partial charge in [0.2, 0.25) is 5.91 Å². The monoisotopic (exact) mass is 330 g/mol. The average Bonchev–Trinajstić information content (AvgIpc) is 2.39. The number of nitrogens with zero attached hydrogens (tertiary/aromatic N) is 1. The molecule has 6 heteroatoms. The van der Waals surface area contributed by atoms with Gasteiger partial charge in [-0.25, -0.2) is 4.39 Å². The van der Waals surface area contributed by atoms with Gasteiger partial charge in [-0.3, -0.25) is 9.59 Å². The van der Waals surface area contributed by atoms with E-state index in [1.165, 1.54) is 24.1 Å². The molecule has 0 heterocycles. The van der Waals surface area contributed by atoms with E-state index in [1.54, 1.807) is 20.0 Å². The highest BCUT2D eigenvalue weighted by molar-refractivity contribution is 9.10. The van der Waals surface area contributed by atoms with Crippen LogP contribution in [0.15, 0.2) is 22.7 Å². The van der Waals surface area contributed by atoms with Gasteiger partial charge in [0.05, 0.1) is 16.0 Å². The molecule has 0 aliphatic carbocycles. The summed E-state index contributed by atoms with van der Waals surface area (Å²) >= 11 is 3.04. The highest BCUT2D eigenvalue weighted by Crippen LogP contribution is 2.19. The third-order valence-corrected chi connectivity index (χ3v) is 3.38. The third kappa shape index (κ3) is 3.76. The maximum Gasteiger partial charge on any atom is 0.256 e. The zero-order chi connectivity index (χ0) is 14.6. The van der Waals surface area contributed by atoms with Crippen LogP contribution in [-0.4, -0.2) is 37.4 Å². The topological polar surface area (TPSA) is 49.4 Å². The fourth-order valence-corrected chi connectivity index (χ4v) is 2.06. The first-order chi connectivity index (χ1) is 8.88. The van der Waals surface area contributed by atoms with Crippen molar-refractivity contribution in [3.05, 3.63) is 34.1 Å². The van der Waals surface area contributed by atoms with Crippen LogP contribution in [0.5, 0.6) is 0 Å². The van der Waals surface area contributed by atoms with Gasteiger partial charge in [-0.1, -0.05) is 13.0 Å². The number of benzene rings is 1. The fourth-order valence-electron chi connectivity index (χ4n) is 1.70. The molecule has 19 heavy (non-hydrogen) atoms. The minimum atomic E-state index is -0.591. The van der Waals surface area contributed by atoms with Crippen molar-refractivity contribution in [2.24, 2.45) is 5.92 Å². The summed E-state index contributed by atoms with van der Waals surface area (Å²) in [6, 6.07) is 4.54. The van der Waals surface area contributed by atoms with Crippen molar-refractivity contribution >= 4 is 27.7 Å². The van der Waals surface area contributed by atoms with Gasteiger partial charge in [-0.15, -0.1) is 0 Å². The quantitative estimate of drug-likeness (QED) is 0.918. The van der Waals surface area contributed by atoms with Crippen LogP contribution >= 0.6 is 15.9 Å². The molecule has 1 N–H and O–H groups in total. The molecule has 1 aromatic rings. The fraction of sp³-hybridized carbons (Fsp3) is 0.385. The lowest BCUT2D eigenvalue weighted by Gasteiger charge is -2.21. The van der Waals surface area contributed by atoms with Gasteiger partial charge in [0, 0.05) is 20.6 Å². The van der Waals surface area contributed by atoms with Crippen LogP contribution in [0.3, 0.4) is 0 Å². The summed E-state index contributed by atoms with van der Waals surface area (Å²) in [5.41, 5.74) is -0.0130. The predicted octanol–water partition coefficient (Wildman–Crippen LogP) is 2.04. The Morgan fingerprint density at radius 1 is 1.47 bits per heavy atom. The Morgan fingerprint density at radius 3 is 2.68 bits per heavy atom. The lowest BCUT2D eigenvalue weighted by atomic mass is 10.1. The Morgan fingerprint density at radius 2 is 2.11 bits per heavy atom. The normalized spacial score (nSPS) is 11.8. The molecule has 0 aromatic heterocycles. The zero-order valence-electron chi connectivity index (χ0n) is 11.0. The van der Waals surface area contributed by atoms with Crippen LogP contribution < -0.4 is 5.32 Å². The van der Waals surface area contributed by atoms with Gasteiger partial charge in [-0.05, 0) is 28.1 Å². The second-order valence-corrected chi connectivity index (χ2v) is 5.16. The van der Waals surface area contributed by atoms with Gasteiger partial charge < -0.3 is 10.2 Å². The molecule has 1 rings (SSSR count). The van der Waals surface area contributed by atoms with E-state index in [4.69, 9.17) is 0 Å². The lowest BCUT2D eigenvalue weighted by Crippen LogP contribution is -2.37. The van der Waals surface area contributed by atoms with Crippen LogP contribution in [-0.2, 0) is 4.79 Å². The zero-order valence-corrected chi connectivity index (χ0v) is 12.6. The first-order valence-corrected chi connectivity index (χ1v) is 6.58. The maximum absolute atomic E-state index is 13.8. The smallest absolute Gasteiger partial charge is 0.256 e. The van der Waals surface area contributed by atoms with E-state index in [1.807, 2.05) is 0 Å². The van der Waals surface area contributed by atoms with E-state index in [0.29, 0.717) is 0 Å². The predicted molar refractivity (Wildman–Crippen MR) is 74.3 cm³/mol. The number of rotatable bonds is 4. The number of nitrogens with one attached hydrogen (secondary N) is 1. The van der Waals surface area contributed by atoms with Crippen LogP contribution in [0, 0.1) is 11.7 Å². The van der Waals surface area contributed by atoms with E-state index in [0.717, 1.165) is 0 Å². The van der Waals surface area contributed by atoms with E-state index in [2.05, 4.69) is 21.2 Å². The SMILES string of the molecule is CNC(=O)C(C)CN(C)C(=O)c1cccc(Br)c1F. The summed E-state index contributed by atoms with van der Waals surface area (Å²) in [5.74, 6) is -1.55. The maximum atomic E-state index is 13.8. The Balaban J connectivity index is 2.83. The Hall–Kier alpha value is -1.43. The molecule has 1 aromatic carbocycles. The van der Waals surface area contributed by atoms with Crippen LogP contribution in [0.4, 0.5) is 4.39 Å². The standard InChI is InChI=1S/C13H16BrFN2O2/c1-8(12(18)16-2)7-17(3)13(19)9-5-4-6-10(14)11(9)15/h4-6,8H,7H2,1-3H3,(H,16,18). The van der Waals surface area contributed by atoms with Gasteiger partial charge in [0.15, 0.2) is 0 Å². The largest absolute Gasteiger partial charge is 0.359 e. The third-order valence-electron chi connectivity index (χ3n) is 2.77. The molecule has 0 bridgehead atoms. The summed E-state index contributed by atoms with van der Waals surface area (Å²) in [7, 11) is 3.08. The van der Waals surface area contributed by atoms with Crippen LogP contribution in [0.1, 0.15) is 17.3 Å². The summed E-state index contributed by atoms with van der Waals surface area (Å²) in [4.78, 5) is 24.8. The van der Waals surface area contributed by atoms with E-state index >= 15 is 0 Å². The molecule has 0 radical (unpaired) electrons. The molecule has 1 unspecified atom stereocenters. The van der Waals surface area contributed by atoms with Crippen molar-refractivity contribution in [3.63, 3.8) is 0 Å². The van der Waals surface area contributed by atoms with Crippen molar-refractivity contribution in [3.8, 4) is 0 Å². The molecule has 0 aliphatic heterocycles. The van der Waals surface area contributed by atoms with Gasteiger partial charge in [-0.2, -0.15) is 0 Å². The van der Waals surface area contributed by atoms with Gasteiger partial charge in [0.25, 0.3) is 5.91 Å². The number of carbonyl (C=O) groups excluding carboxylic acids is 2. The summed E-state index contributed by atoms with van der Waals surface area (Å²) in [6.07, 6.45) is 0. The summed E-state index contributed by atoms with van der Waals surface area (Å²) in [5, 5.41) is 2.51. The van der Waals surface area contributed by atoms with Crippen molar-refractivity contribution in [1.82, 2.24) is 10.2 Å². The molecule has 0 saturated heterocycles. The first kappa shape index (κ1) is 15.6. The minimum absolute atomic E-state index is 0.0130. The lowest BCUT2D eigenvalue weighted by molar-refractivity contribution is -0.124. The molecule has 0 spiro atoms. The molecule has 0 saturated carbocycles. The van der Waals surface area contributed by atoms with Crippen molar-refractivity contribution in [2.45, 2.75) is 6.92 Å². The second kappa shape index (κ2) is 6.65. The molecular formula is C13H16BrFN2O2. The number of hydrogen-bond donors (Lipinski definition) is 1. The summed E-state index contributed by atoms with van der Waals surface area (Å²) < 4.78 is 14.0.